The fourth-order valence-electron chi connectivity index (χ4n) is 2.82. The Morgan fingerprint density at radius 1 is 1.00 bits per heavy atom. The number of hydrogen-bond donors (Lipinski definition) is 1. The number of benzene rings is 2. The number of sulfone groups is 1. The van der Waals surface area contributed by atoms with Crippen molar-refractivity contribution in [3.63, 3.8) is 0 Å². The molecule has 1 heterocycles. The zero-order valence-corrected chi connectivity index (χ0v) is 13.6. The summed E-state index contributed by atoms with van der Waals surface area (Å²) >= 11 is 0. The Kier molecular flexibility index (Phi) is 4.48. The van der Waals surface area contributed by atoms with Gasteiger partial charge in [-0.25, -0.2) is 8.42 Å². The van der Waals surface area contributed by atoms with Crippen LogP contribution in [0.4, 0.5) is 0 Å². The Bertz CT molecular complexity index is 783. The van der Waals surface area contributed by atoms with Crippen molar-refractivity contribution in [2.24, 2.45) is 0 Å². The third kappa shape index (κ3) is 4.20. The van der Waals surface area contributed by atoms with Gasteiger partial charge in [0, 0.05) is 6.04 Å². The van der Waals surface area contributed by atoms with Crippen molar-refractivity contribution in [1.82, 2.24) is 5.32 Å². The largest absolute Gasteiger partial charge is 0.352 e. The van der Waals surface area contributed by atoms with E-state index in [1.54, 1.807) is 0 Å². The molecule has 0 saturated carbocycles. The zero-order chi connectivity index (χ0) is 16.3. The van der Waals surface area contributed by atoms with Gasteiger partial charge in [-0.2, -0.15) is 0 Å². The van der Waals surface area contributed by atoms with E-state index in [0.29, 0.717) is 6.42 Å². The quantitative estimate of drug-likeness (QED) is 0.935. The van der Waals surface area contributed by atoms with E-state index in [1.807, 2.05) is 54.6 Å². The van der Waals surface area contributed by atoms with E-state index < -0.39 is 9.84 Å². The van der Waals surface area contributed by atoms with Gasteiger partial charge in [0.1, 0.15) is 0 Å². The highest BCUT2D eigenvalue weighted by Crippen LogP contribution is 2.19. The van der Waals surface area contributed by atoms with Gasteiger partial charge in [0.05, 0.1) is 17.9 Å². The minimum Gasteiger partial charge on any atom is -0.352 e. The van der Waals surface area contributed by atoms with Crippen LogP contribution in [0.5, 0.6) is 0 Å². The molecule has 1 atom stereocenters. The van der Waals surface area contributed by atoms with Gasteiger partial charge >= 0.3 is 0 Å². The lowest BCUT2D eigenvalue weighted by Gasteiger charge is -2.11. The summed E-state index contributed by atoms with van der Waals surface area (Å²) < 4.78 is 22.8. The molecule has 1 aliphatic heterocycles. The molecule has 1 saturated heterocycles. The zero-order valence-electron chi connectivity index (χ0n) is 12.7. The van der Waals surface area contributed by atoms with Gasteiger partial charge in [-0.3, -0.25) is 4.79 Å². The van der Waals surface area contributed by atoms with E-state index >= 15 is 0 Å². The molecule has 1 amide bonds. The monoisotopic (exact) mass is 329 g/mol. The van der Waals surface area contributed by atoms with Crippen LogP contribution in [0.3, 0.4) is 0 Å². The Balaban J connectivity index is 1.59. The molecule has 120 valence electrons. The number of hydrogen-bond acceptors (Lipinski definition) is 3. The molecule has 1 fully saturated rings. The van der Waals surface area contributed by atoms with Gasteiger partial charge in [-0.05, 0) is 23.1 Å². The van der Waals surface area contributed by atoms with E-state index in [0.717, 1.165) is 16.7 Å². The summed E-state index contributed by atoms with van der Waals surface area (Å²) in [6, 6.07) is 17.7. The fraction of sp³-hybridized carbons (Fsp3) is 0.278. The van der Waals surface area contributed by atoms with Crippen molar-refractivity contribution < 1.29 is 13.2 Å². The number of nitrogens with one attached hydrogen (secondary N) is 1. The summed E-state index contributed by atoms with van der Waals surface area (Å²) in [5.74, 6) is 0.106. The van der Waals surface area contributed by atoms with Crippen LogP contribution in [0.2, 0.25) is 0 Å². The van der Waals surface area contributed by atoms with Crippen molar-refractivity contribution in [3.8, 4) is 11.1 Å². The predicted molar refractivity (Wildman–Crippen MR) is 90.8 cm³/mol. The van der Waals surface area contributed by atoms with Gasteiger partial charge in [-0.15, -0.1) is 0 Å². The van der Waals surface area contributed by atoms with E-state index in [4.69, 9.17) is 0 Å². The smallest absolute Gasteiger partial charge is 0.224 e. The number of carbonyl (C=O) groups excluding carboxylic acids is 1. The highest BCUT2D eigenvalue weighted by molar-refractivity contribution is 7.91. The van der Waals surface area contributed by atoms with Crippen molar-refractivity contribution in [2.45, 2.75) is 18.9 Å². The summed E-state index contributed by atoms with van der Waals surface area (Å²) in [5.41, 5.74) is 3.17. The second-order valence-electron chi connectivity index (χ2n) is 5.91. The molecule has 3 rings (SSSR count). The maximum absolute atomic E-state index is 12.0. The van der Waals surface area contributed by atoms with Crippen molar-refractivity contribution >= 4 is 15.7 Å². The van der Waals surface area contributed by atoms with Crippen LogP contribution in [0.25, 0.3) is 11.1 Å². The first-order valence-electron chi connectivity index (χ1n) is 7.66. The molecule has 0 radical (unpaired) electrons. The summed E-state index contributed by atoms with van der Waals surface area (Å²) in [6.07, 6.45) is 0.784. The molecule has 0 spiro atoms. The average Bonchev–Trinajstić information content (AvgIpc) is 2.87. The van der Waals surface area contributed by atoms with Crippen LogP contribution in [0.15, 0.2) is 54.6 Å². The SMILES string of the molecule is O=C(Cc1ccc(-c2ccccc2)cc1)N[C@@H]1CCS(=O)(=O)C1. The molecule has 0 bridgehead atoms. The first-order chi connectivity index (χ1) is 11.0. The number of amides is 1. The highest BCUT2D eigenvalue weighted by atomic mass is 32.2. The summed E-state index contributed by atoms with van der Waals surface area (Å²) in [6.45, 7) is 0. The van der Waals surface area contributed by atoms with Crippen molar-refractivity contribution in [2.75, 3.05) is 11.5 Å². The van der Waals surface area contributed by atoms with Gasteiger partial charge in [0.25, 0.3) is 0 Å². The van der Waals surface area contributed by atoms with Crippen LogP contribution in [0, 0.1) is 0 Å². The normalized spacial score (nSPS) is 19.4. The summed E-state index contributed by atoms with van der Waals surface area (Å²) in [5, 5.41) is 2.81. The summed E-state index contributed by atoms with van der Waals surface area (Å²) in [7, 11) is -2.96. The highest BCUT2D eigenvalue weighted by Gasteiger charge is 2.28. The van der Waals surface area contributed by atoms with Crippen molar-refractivity contribution in [3.05, 3.63) is 60.2 Å². The topological polar surface area (TPSA) is 63.2 Å². The lowest BCUT2D eigenvalue weighted by atomic mass is 10.0. The van der Waals surface area contributed by atoms with Gasteiger partial charge in [0.15, 0.2) is 9.84 Å². The van der Waals surface area contributed by atoms with Gasteiger partial charge in [0.2, 0.25) is 5.91 Å². The van der Waals surface area contributed by atoms with Crippen molar-refractivity contribution in [1.29, 1.82) is 0 Å². The predicted octanol–water partition coefficient (Wildman–Crippen LogP) is 2.20. The minimum absolute atomic E-state index is 0.0612. The maximum atomic E-state index is 12.0. The lowest BCUT2D eigenvalue weighted by molar-refractivity contribution is -0.120. The van der Waals surface area contributed by atoms with Crippen LogP contribution in [0.1, 0.15) is 12.0 Å². The molecule has 4 nitrogen and oxygen atoms in total. The van der Waals surface area contributed by atoms with Crippen LogP contribution >= 0.6 is 0 Å². The third-order valence-electron chi connectivity index (χ3n) is 4.02. The Labute approximate surface area is 136 Å². The average molecular weight is 329 g/mol. The molecule has 0 aromatic heterocycles. The van der Waals surface area contributed by atoms with Crippen LogP contribution < -0.4 is 5.32 Å². The molecule has 2 aromatic rings. The van der Waals surface area contributed by atoms with E-state index in [1.165, 1.54) is 0 Å². The molecule has 5 heteroatoms. The first-order valence-corrected chi connectivity index (χ1v) is 9.48. The van der Waals surface area contributed by atoms with E-state index in [9.17, 15) is 13.2 Å². The number of carbonyl (C=O) groups is 1. The molecule has 1 aliphatic rings. The summed E-state index contributed by atoms with van der Waals surface area (Å²) in [4.78, 5) is 12.0. The second-order valence-corrected chi connectivity index (χ2v) is 8.14. The van der Waals surface area contributed by atoms with E-state index in [-0.39, 0.29) is 29.9 Å². The van der Waals surface area contributed by atoms with Gasteiger partial charge < -0.3 is 5.32 Å². The lowest BCUT2D eigenvalue weighted by Crippen LogP contribution is -2.36. The third-order valence-corrected chi connectivity index (χ3v) is 5.79. The molecule has 23 heavy (non-hydrogen) atoms. The standard InChI is InChI=1S/C18H19NO3S/c20-18(19-17-10-11-23(21,22)13-17)12-14-6-8-16(9-7-14)15-4-2-1-3-5-15/h1-9,17H,10-13H2,(H,19,20)/t17-/m1/s1. The van der Waals surface area contributed by atoms with Gasteiger partial charge in [-0.1, -0.05) is 54.6 Å². The Morgan fingerprint density at radius 2 is 1.65 bits per heavy atom. The van der Waals surface area contributed by atoms with Crippen LogP contribution in [-0.2, 0) is 21.1 Å². The Hall–Kier alpha value is -2.14. The molecule has 2 aromatic carbocycles. The Morgan fingerprint density at radius 3 is 2.26 bits per heavy atom. The molecular formula is C18H19NO3S. The fourth-order valence-corrected chi connectivity index (χ4v) is 4.49. The van der Waals surface area contributed by atoms with Crippen LogP contribution in [-0.4, -0.2) is 31.9 Å². The molecule has 1 N–H and O–H groups in total. The molecule has 0 aliphatic carbocycles. The second kappa shape index (κ2) is 6.54. The maximum Gasteiger partial charge on any atom is 0.224 e. The molecule has 0 unspecified atom stereocenters. The molecular weight excluding hydrogens is 310 g/mol. The van der Waals surface area contributed by atoms with E-state index in [2.05, 4.69) is 5.32 Å². The number of rotatable bonds is 4. The first kappa shape index (κ1) is 15.7. The minimum atomic E-state index is -2.96.